The lowest BCUT2D eigenvalue weighted by atomic mass is 9.93. The molecule has 0 aliphatic heterocycles. The van der Waals surface area contributed by atoms with E-state index in [2.05, 4.69) is 24.0 Å². The van der Waals surface area contributed by atoms with Crippen molar-refractivity contribution in [2.75, 3.05) is 0 Å². The Bertz CT molecular complexity index is 847. The van der Waals surface area contributed by atoms with E-state index in [-0.39, 0.29) is 0 Å². The van der Waals surface area contributed by atoms with Gasteiger partial charge >= 0.3 is 0 Å². The molecule has 102 valence electrons. The summed E-state index contributed by atoms with van der Waals surface area (Å²) >= 11 is 0. The highest BCUT2D eigenvalue weighted by Crippen LogP contribution is 2.42. The quantitative estimate of drug-likeness (QED) is 0.586. The molecule has 0 fully saturated rings. The summed E-state index contributed by atoms with van der Waals surface area (Å²) in [6.07, 6.45) is -0.906. The van der Waals surface area contributed by atoms with Gasteiger partial charge in [0.25, 0.3) is 0 Å². The molecule has 2 aromatic carbocycles. The third kappa shape index (κ3) is 1.31. The summed E-state index contributed by atoms with van der Waals surface area (Å²) in [5.41, 5.74) is 6.50. The molecule has 3 N–H and O–H groups in total. The Labute approximate surface area is 116 Å². The topological polar surface area (TPSA) is 56.2 Å². The highest BCUT2D eigenvalue weighted by Gasteiger charge is 2.33. The third-order valence-electron chi connectivity index (χ3n) is 4.71. The van der Waals surface area contributed by atoms with E-state index in [1.54, 1.807) is 0 Å². The molecule has 0 radical (unpaired) electrons. The highest BCUT2D eigenvalue weighted by molar-refractivity contribution is 6.10. The average molecular weight is 267 g/mol. The van der Waals surface area contributed by atoms with Crippen LogP contribution >= 0.6 is 0 Å². The first kappa shape index (κ1) is 11.9. The van der Waals surface area contributed by atoms with E-state index in [1.807, 2.05) is 19.1 Å². The number of aryl methyl sites for hydroxylation is 2. The van der Waals surface area contributed by atoms with Crippen LogP contribution in [-0.4, -0.2) is 21.3 Å². The minimum Gasteiger partial charge on any atom is -0.390 e. The molecule has 0 amide bonds. The minimum atomic E-state index is -0.762. The molecule has 0 bridgehead atoms. The van der Waals surface area contributed by atoms with Gasteiger partial charge in [0, 0.05) is 28.2 Å². The zero-order valence-corrected chi connectivity index (χ0v) is 11.6. The Morgan fingerprint density at radius 2 is 1.85 bits per heavy atom. The van der Waals surface area contributed by atoms with Crippen molar-refractivity contribution < 1.29 is 10.2 Å². The summed E-state index contributed by atoms with van der Waals surface area (Å²) < 4.78 is 0. The summed E-state index contributed by atoms with van der Waals surface area (Å²) in [6, 6.07) is 8.23. The Balaban J connectivity index is 2.22. The maximum absolute atomic E-state index is 10.3. The first-order chi connectivity index (χ1) is 9.59. The van der Waals surface area contributed by atoms with Gasteiger partial charge in [0.1, 0.15) is 6.10 Å². The standard InChI is InChI=1S/C17H17NO2/c1-8-11-7-13(19)17(20)15(11)9(2)14-10-5-3-4-6-12(10)18-16(8)14/h3-6,13,17-20H,7H2,1-2H3/t13-,17-/m0/s1. The van der Waals surface area contributed by atoms with Crippen molar-refractivity contribution in [2.45, 2.75) is 32.5 Å². The van der Waals surface area contributed by atoms with E-state index < -0.39 is 12.2 Å². The number of aromatic nitrogens is 1. The lowest BCUT2D eigenvalue weighted by molar-refractivity contribution is 0.0324. The number of hydrogen-bond acceptors (Lipinski definition) is 2. The van der Waals surface area contributed by atoms with Crippen LogP contribution < -0.4 is 0 Å². The van der Waals surface area contributed by atoms with Crippen molar-refractivity contribution in [2.24, 2.45) is 0 Å². The second-order valence-corrected chi connectivity index (χ2v) is 5.78. The average Bonchev–Trinajstić information content (AvgIpc) is 2.96. The third-order valence-corrected chi connectivity index (χ3v) is 4.71. The van der Waals surface area contributed by atoms with Crippen molar-refractivity contribution in [1.82, 2.24) is 4.98 Å². The zero-order chi connectivity index (χ0) is 14.0. The first-order valence-corrected chi connectivity index (χ1v) is 6.98. The van der Waals surface area contributed by atoms with Gasteiger partial charge in [0.15, 0.2) is 0 Å². The molecule has 0 unspecified atom stereocenters. The van der Waals surface area contributed by atoms with E-state index in [0.717, 1.165) is 33.3 Å². The van der Waals surface area contributed by atoms with Gasteiger partial charge in [-0.2, -0.15) is 0 Å². The predicted octanol–water partition coefficient (Wildman–Crippen LogP) is 2.89. The monoisotopic (exact) mass is 267 g/mol. The predicted molar refractivity (Wildman–Crippen MR) is 79.9 cm³/mol. The second-order valence-electron chi connectivity index (χ2n) is 5.78. The van der Waals surface area contributed by atoms with Crippen LogP contribution in [0.2, 0.25) is 0 Å². The molecular weight excluding hydrogens is 250 g/mol. The normalized spacial score (nSPS) is 21.8. The van der Waals surface area contributed by atoms with Crippen molar-refractivity contribution in [3.05, 3.63) is 46.5 Å². The van der Waals surface area contributed by atoms with Crippen molar-refractivity contribution in [3.63, 3.8) is 0 Å². The fraction of sp³-hybridized carbons (Fsp3) is 0.294. The van der Waals surface area contributed by atoms with Gasteiger partial charge in [-0.05, 0) is 42.2 Å². The Hall–Kier alpha value is -1.84. The summed E-state index contributed by atoms with van der Waals surface area (Å²) in [6.45, 7) is 4.11. The number of nitrogens with one attached hydrogen (secondary N) is 1. The van der Waals surface area contributed by atoms with Crippen LogP contribution in [0.4, 0.5) is 0 Å². The number of H-pyrrole nitrogens is 1. The Morgan fingerprint density at radius 1 is 1.10 bits per heavy atom. The number of hydrogen-bond donors (Lipinski definition) is 3. The number of fused-ring (bicyclic) bond motifs is 4. The number of para-hydroxylation sites is 1. The summed E-state index contributed by atoms with van der Waals surface area (Å²) in [5.74, 6) is 0. The van der Waals surface area contributed by atoms with Gasteiger partial charge in [-0.3, -0.25) is 0 Å². The SMILES string of the molecule is Cc1c2c(c(C)c3c1[nH]c1ccccc13)[C@@H](O)[C@@H](O)C2. The van der Waals surface area contributed by atoms with E-state index in [0.29, 0.717) is 6.42 Å². The molecule has 3 heteroatoms. The molecular formula is C17H17NO2. The van der Waals surface area contributed by atoms with E-state index in [4.69, 9.17) is 0 Å². The minimum absolute atomic E-state index is 0.536. The van der Waals surface area contributed by atoms with E-state index >= 15 is 0 Å². The van der Waals surface area contributed by atoms with E-state index in [9.17, 15) is 10.2 Å². The molecule has 4 rings (SSSR count). The molecule has 1 aromatic heterocycles. The molecule has 3 aromatic rings. The lowest BCUT2D eigenvalue weighted by Gasteiger charge is -2.13. The van der Waals surface area contributed by atoms with Crippen molar-refractivity contribution in [3.8, 4) is 0 Å². The van der Waals surface area contributed by atoms with Gasteiger partial charge in [0.05, 0.1) is 6.10 Å². The van der Waals surface area contributed by atoms with Crippen LogP contribution in [-0.2, 0) is 6.42 Å². The summed E-state index contributed by atoms with van der Waals surface area (Å²) in [5, 5.41) is 22.6. The van der Waals surface area contributed by atoms with E-state index in [1.165, 1.54) is 10.8 Å². The summed E-state index contributed by atoms with van der Waals surface area (Å²) in [4.78, 5) is 3.48. The fourth-order valence-electron chi connectivity index (χ4n) is 3.70. The smallest absolute Gasteiger partial charge is 0.106 e. The molecule has 0 saturated carbocycles. The maximum atomic E-state index is 10.3. The molecule has 1 aliphatic rings. The number of benzene rings is 2. The van der Waals surface area contributed by atoms with Gasteiger partial charge < -0.3 is 15.2 Å². The van der Waals surface area contributed by atoms with Gasteiger partial charge in [-0.25, -0.2) is 0 Å². The number of aliphatic hydroxyl groups excluding tert-OH is 2. The van der Waals surface area contributed by atoms with Gasteiger partial charge in [0.2, 0.25) is 0 Å². The molecule has 0 saturated heterocycles. The lowest BCUT2D eigenvalue weighted by Crippen LogP contribution is -2.12. The Morgan fingerprint density at radius 3 is 2.65 bits per heavy atom. The van der Waals surface area contributed by atoms with Crippen LogP contribution in [0.3, 0.4) is 0 Å². The van der Waals surface area contributed by atoms with Crippen LogP contribution in [0, 0.1) is 13.8 Å². The first-order valence-electron chi connectivity index (χ1n) is 6.98. The fourth-order valence-corrected chi connectivity index (χ4v) is 3.70. The molecule has 3 nitrogen and oxygen atoms in total. The van der Waals surface area contributed by atoms with Crippen LogP contribution in [0.15, 0.2) is 24.3 Å². The Kier molecular flexibility index (Phi) is 2.29. The molecule has 2 atom stereocenters. The molecule has 1 aliphatic carbocycles. The zero-order valence-electron chi connectivity index (χ0n) is 11.6. The van der Waals surface area contributed by atoms with Gasteiger partial charge in [-0.1, -0.05) is 18.2 Å². The maximum Gasteiger partial charge on any atom is 0.106 e. The number of aliphatic hydroxyl groups is 2. The molecule has 0 spiro atoms. The highest BCUT2D eigenvalue weighted by atomic mass is 16.3. The number of rotatable bonds is 0. The largest absolute Gasteiger partial charge is 0.390 e. The van der Waals surface area contributed by atoms with Crippen molar-refractivity contribution in [1.29, 1.82) is 0 Å². The van der Waals surface area contributed by atoms with Crippen LogP contribution in [0.25, 0.3) is 21.8 Å². The molecule has 20 heavy (non-hydrogen) atoms. The second kappa shape index (κ2) is 3.84. The molecule has 1 heterocycles. The number of aromatic amines is 1. The van der Waals surface area contributed by atoms with Crippen LogP contribution in [0.1, 0.15) is 28.4 Å². The van der Waals surface area contributed by atoms with Gasteiger partial charge in [-0.15, -0.1) is 0 Å². The van der Waals surface area contributed by atoms with Crippen LogP contribution in [0.5, 0.6) is 0 Å². The summed E-state index contributed by atoms with van der Waals surface area (Å²) in [7, 11) is 0. The van der Waals surface area contributed by atoms with Crippen molar-refractivity contribution >= 4 is 21.8 Å².